The second kappa shape index (κ2) is 7.22. The van der Waals surface area contributed by atoms with E-state index in [1.165, 1.54) is 12.1 Å². The predicted molar refractivity (Wildman–Crippen MR) is 100 cm³/mol. The minimum atomic E-state index is -0.240. The molecule has 0 bridgehead atoms. The van der Waals surface area contributed by atoms with Crippen LogP contribution in [0.1, 0.15) is 42.3 Å². The van der Waals surface area contributed by atoms with E-state index in [1.54, 1.807) is 26.4 Å². The van der Waals surface area contributed by atoms with Crippen LogP contribution in [0.2, 0.25) is 0 Å². The minimum Gasteiger partial charge on any atom is -0.493 e. The number of halogens is 1. The number of rotatable bonds is 5. The zero-order valence-corrected chi connectivity index (χ0v) is 15.7. The van der Waals surface area contributed by atoms with Gasteiger partial charge in [-0.2, -0.15) is 0 Å². The number of amides is 1. The molecule has 27 heavy (non-hydrogen) atoms. The molecule has 5 heteroatoms. The van der Waals surface area contributed by atoms with Crippen molar-refractivity contribution < 1.29 is 18.7 Å². The van der Waals surface area contributed by atoms with Crippen LogP contribution in [0.25, 0.3) is 0 Å². The number of carbonyl (C=O) groups excluding carboxylic acids is 1. The van der Waals surface area contributed by atoms with Gasteiger partial charge in [0.15, 0.2) is 11.5 Å². The summed E-state index contributed by atoms with van der Waals surface area (Å²) in [5.74, 6) is 1.57. The summed E-state index contributed by atoms with van der Waals surface area (Å²) in [5, 5.41) is 0. The van der Waals surface area contributed by atoms with Gasteiger partial charge in [0.05, 0.1) is 20.3 Å². The van der Waals surface area contributed by atoms with Gasteiger partial charge in [0, 0.05) is 12.5 Å². The number of carbonyl (C=O) groups is 1. The molecule has 0 radical (unpaired) electrons. The maximum absolute atomic E-state index is 13.1. The lowest BCUT2D eigenvalue weighted by molar-refractivity contribution is -0.133. The highest BCUT2D eigenvalue weighted by Gasteiger charge is 2.47. The summed E-state index contributed by atoms with van der Waals surface area (Å²) >= 11 is 0. The minimum absolute atomic E-state index is 0.0104. The first kappa shape index (κ1) is 17.8. The molecular weight excluding hydrogens is 345 g/mol. The Balaban J connectivity index is 1.50. The van der Waals surface area contributed by atoms with Crippen LogP contribution in [-0.2, 0) is 4.79 Å². The van der Waals surface area contributed by atoms with Crippen molar-refractivity contribution in [2.45, 2.75) is 31.2 Å². The van der Waals surface area contributed by atoms with Gasteiger partial charge in [-0.1, -0.05) is 18.2 Å². The van der Waals surface area contributed by atoms with E-state index >= 15 is 0 Å². The van der Waals surface area contributed by atoms with Gasteiger partial charge < -0.3 is 14.4 Å². The standard InChI is InChI=1S/C22H24FNO3/c1-26-20-10-7-15(12-21(20)27-2)19-4-3-11-24(19)22(25)18-13-17(18)14-5-8-16(23)9-6-14/h5-10,12,17-19H,3-4,11,13H2,1-2H3. The lowest BCUT2D eigenvalue weighted by Crippen LogP contribution is -2.32. The Labute approximate surface area is 158 Å². The van der Waals surface area contributed by atoms with Crippen LogP contribution in [0.15, 0.2) is 42.5 Å². The highest BCUT2D eigenvalue weighted by atomic mass is 19.1. The van der Waals surface area contributed by atoms with Crippen LogP contribution in [0.4, 0.5) is 4.39 Å². The molecule has 0 spiro atoms. The fraction of sp³-hybridized carbons (Fsp3) is 0.409. The second-order valence-corrected chi connectivity index (χ2v) is 7.30. The third-order valence-corrected chi connectivity index (χ3v) is 5.73. The van der Waals surface area contributed by atoms with E-state index in [4.69, 9.17) is 9.47 Å². The Morgan fingerprint density at radius 1 is 1.04 bits per heavy atom. The number of hydrogen-bond donors (Lipinski definition) is 0. The van der Waals surface area contributed by atoms with Crippen LogP contribution in [0.3, 0.4) is 0 Å². The molecule has 4 rings (SSSR count). The average molecular weight is 369 g/mol. The molecule has 1 aliphatic carbocycles. The Hall–Kier alpha value is -2.56. The summed E-state index contributed by atoms with van der Waals surface area (Å²) < 4.78 is 23.9. The fourth-order valence-corrected chi connectivity index (χ4v) is 4.20. The number of nitrogens with zero attached hydrogens (tertiary/aromatic N) is 1. The predicted octanol–water partition coefficient (Wildman–Crippen LogP) is 4.31. The largest absolute Gasteiger partial charge is 0.493 e. The van der Waals surface area contributed by atoms with Gasteiger partial charge in [-0.25, -0.2) is 4.39 Å². The SMILES string of the molecule is COc1ccc(C2CCCN2C(=O)C2CC2c2ccc(F)cc2)cc1OC. The van der Waals surface area contributed by atoms with Crippen molar-refractivity contribution in [1.29, 1.82) is 0 Å². The third-order valence-electron chi connectivity index (χ3n) is 5.73. The molecule has 1 amide bonds. The Morgan fingerprint density at radius 3 is 2.44 bits per heavy atom. The Kier molecular flexibility index (Phi) is 4.77. The highest BCUT2D eigenvalue weighted by molar-refractivity contribution is 5.83. The maximum atomic E-state index is 13.1. The number of benzene rings is 2. The molecule has 0 aromatic heterocycles. The molecule has 142 valence electrons. The van der Waals surface area contributed by atoms with Crippen LogP contribution < -0.4 is 9.47 Å². The van der Waals surface area contributed by atoms with Crippen molar-refractivity contribution in [2.75, 3.05) is 20.8 Å². The van der Waals surface area contributed by atoms with Crippen molar-refractivity contribution in [1.82, 2.24) is 4.90 Å². The molecule has 2 aliphatic rings. The van der Waals surface area contributed by atoms with E-state index in [1.807, 2.05) is 23.1 Å². The van der Waals surface area contributed by atoms with E-state index in [0.717, 1.165) is 36.9 Å². The molecule has 2 fully saturated rings. The zero-order valence-electron chi connectivity index (χ0n) is 15.7. The molecule has 4 nitrogen and oxygen atoms in total. The van der Waals surface area contributed by atoms with Gasteiger partial charge in [0.2, 0.25) is 5.91 Å². The monoisotopic (exact) mass is 369 g/mol. The van der Waals surface area contributed by atoms with E-state index in [9.17, 15) is 9.18 Å². The second-order valence-electron chi connectivity index (χ2n) is 7.30. The summed E-state index contributed by atoms with van der Waals surface area (Å²) in [5.41, 5.74) is 2.13. The quantitative estimate of drug-likeness (QED) is 0.788. The first-order valence-electron chi connectivity index (χ1n) is 9.40. The molecule has 2 aromatic carbocycles. The van der Waals surface area contributed by atoms with E-state index in [-0.39, 0.29) is 29.6 Å². The van der Waals surface area contributed by atoms with Gasteiger partial charge in [-0.15, -0.1) is 0 Å². The van der Waals surface area contributed by atoms with Crippen molar-refractivity contribution in [2.24, 2.45) is 5.92 Å². The zero-order chi connectivity index (χ0) is 19.0. The van der Waals surface area contributed by atoms with Crippen molar-refractivity contribution in [3.8, 4) is 11.5 Å². The van der Waals surface area contributed by atoms with Gasteiger partial charge in [-0.05, 0) is 60.6 Å². The van der Waals surface area contributed by atoms with Gasteiger partial charge in [-0.3, -0.25) is 4.79 Å². The molecule has 3 unspecified atom stereocenters. The summed E-state index contributed by atoms with van der Waals surface area (Å²) in [6.45, 7) is 0.782. The smallest absolute Gasteiger partial charge is 0.226 e. The molecule has 3 atom stereocenters. The number of hydrogen-bond acceptors (Lipinski definition) is 3. The molecule has 1 heterocycles. The Morgan fingerprint density at radius 2 is 1.74 bits per heavy atom. The number of ether oxygens (including phenoxy) is 2. The summed E-state index contributed by atoms with van der Waals surface area (Å²) in [7, 11) is 3.24. The summed E-state index contributed by atoms with van der Waals surface area (Å²) in [4.78, 5) is 15.1. The normalized spacial score (nSPS) is 24.0. The molecule has 0 N–H and O–H groups in total. The first-order chi connectivity index (χ1) is 13.1. The van der Waals surface area contributed by atoms with Gasteiger partial charge in [0.1, 0.15) is 5.82 Å². The van der Waals surface area contributed by atoms with Crippen molar-refractivity contribution >= 4 is 5.91 Å². The molecule has 1 saturated carbocycles. The Bertz CT molecular complexity index is 836. The van der Waals surface area contributed by atoms with Gasteiger partial charge >= 0.3 is 0 Å². The van der Waals surface area contributed by atoms with Crippen LogP contribution in [0.5, 0.6) is 11.5 Å². The lowest BCUT2D eigenvalue weighted by atomic mass is 10.0. The molecular formula is C22H24FNO3. The van der Waals surface area contributed by atoms with E-state index < -0.39 is 0 Å². The average Bonchev–Trinajstić information content (AvgIpc) is 3.34. The van der Waals surface area contributed by atoms with Crippen molar-refractivity contribution in [3.63, 3.8) is 0 Å². The number of likely N-dealkylation sites (tertiary alicyclic amines) is 1. The first-order valence-corrected chi connectivity index (χ1v) is 9.40. The van der Waals surface area contributed by atoms with Crippen LogP contribution in [0, 0.1) is 11.7 Å². The van der Waals surface area contributed by atoms with Crippen LogP contribution in [-0.4, -0.2) is 31.6 Å². The molecule has 1 saturated heterocycles. The van der Waals surface area contributed by atoms with Gasteiger partial charge in [0.25, 0.3) is 0 Å². The highest BCUT2D eigenvalue weighted by Crippen LogP contribution is 2.50. The summed E-state index contributed by atoms with van der Waals surface area (Å²) in [6, 6.07) is 12.5. The fourth-order valence-electron chi connectivity index (χ4n) is 4.20. The van der Waals surface area contributed by atoms with E-state index in [0.29, 0.717) is 11.5 Å². The third kappa shape index (κ3) is 3.38. The lowest BCUT2D eigenvalue weighted by Gasteiger charge is -2.26. The van der Waals surface area contributed by atoms with Crippen LogP contribution >= 0.6 is 0 Å². The molecule has 2 aromatic rings. The molecule has 1 aliphatic heterocycles. The maximum Gasteiger partial charge on any atom is 0.226 e. The summed E-state index contributed by atoms with van der Waals surface area (Å²) in [6.07, 6.45) is 2.80. The van der Waals surface area contributed by atoms with E-state index in [2.05, 4.69) is 0 Å². The number of methoxy groups -OCH3 is 2. The topological polar surface area (TPSA) is 38.8 Å². The van der Waals surface area contributed by atoms with Crippen molar-refractivity contribution in [3.05, 3.63) is 59.4 Å².